The molecule has 1 saturated heterocycles. The van der Waals surface area contributed by atoms with Gasteiger partial charge in [-0.25, -0.2) is 0 Å². The fourth-order valence-corrected chi connectivity index (χ4v) is 5.56. The Kier molecular flexibility index (Phi) is 4.08. The summed E-state index contributed by atoms with van der Waals surface area (Å²) in [6.45, 7) is 2.45. The van der Waals surface area contributed by atoms with E-state index in [1.54, 1.807) is 0 Å². The number of carbonyl (C=O) groups is 1. The highest BCUT2D eigenvalue weighted by atomic mass is 16.1. The molecule has 1 aromatic heterocycles. The van der Waals surface area contributed by atoms with Crippen LogP contribution in [0.15, 0.2) is 29.1 Å². The van der Waals surface area contributed by atoms with Gasteiger partial charge in [-0.15, -0.1) is 0 Å². The highest BCUT2D eigenvalue weighted by Crippen LogP contribution is 2.38. The second-order valence-corrected chi connectivity index (χ2v) is 8.65. The third-order valence-electron chi connectivity index (χ3n) is 7.00. The van der Waals surface area contributed by atoms with E-state index in [2.05, 4.69) is 35.5 Å². The minimum Gasteiger partial charge on any atom is -0.356 e. The lowest BCUT2D eigenvalue weighted by Gasteiger charge is -2.26. The molecule has 1 amide bonds. The van der Waals surface area contributed by atoms with Crippen molar-refractivity contribution in [2.75, 3.05) is 13.6 Å². The Morgan fingerprint density at radius 2 is 2.07 bits per heavy atom. The number of piperidine rings is 1. The lowest BCUT2D eigenvalue weighted by Crippen LogP contribution is -2.38. The molecule has 1 aromatic carbocycles. The van der Waals surface area contributed by atoms with Crippen molar-refractivity contribution < 1.29 is 4.79 Å². The molecule has 0 unspecified atom stereocenters. The molecule has 5 rings (SSSR count). The Morgan fingerprint density at radius 1 is 1.22 bits per heavy atom. The topological polar surface area (TPSA) is 54.3 Å². The van der Waals surface area contributed by atoms with E-state index in [1.807, 2.05) is 10.6 Å². The van der Waals surface area contributed by atoms with Crippen LogP contribution in [0, 0.1) is 11.8 Å². The van der Waals surface area contributed by atoms with Crippen LogP contribution in [0.25, 0.3) is 10.9 Å². The van der Waals surface area contributed by atoms with Crippen molar-refractivity contribution in [1.29, 1.82) is 0 Å². The van der Waals surface area contributed by atoms with Crippen LogP contribution in [-0.4, -0.2) is 35.0 Å². The number of carbonyl (C=O) groups excluding carboxylic acids is 1. The summed E-state index contributed by atoms with van der Waals surface area (Å²) in [5.74, 6) is 1.33. The lowest BCUT2D eigenvalue weighted by molar-refractivity contribution is -0.124. The van der Waals surface area contributed by atoms with E-state index >= 15 is 0 Å². The Morgan fingerprint density at radius 3 is 2.96 bits per heavy atom. The maximum Gasteiger partial charge on any atom is 0.251 e. The number of benzene rings is 1. The number of aryl methyl sites for hydroxylation is 2. The molecule has 5 heteroatoms. The number of rotatable bonds is 3. The van der Waals surface area contributed by atoms with Crippen LogP contribution >= 0.6 is 0 Å². The molecule has 1 aliphatic carbocycles. The minimum atomic E-state index is 0.132. The monoisotopic (exact) mass is 365 g/mol. The van der Waals surface area contributed by atoms with Crippen molar-refractivity contribution in [2.45, 2.75) is 51.2 Å². The van der Waals surface area contributed by atoms with E-state index in [-0.39, 0.29) is 11.5 Å². The molecule has 0 spiro atoms. The van der Waals surface area contributed by atoms with Gasteiger partial charge in [0.1, 0.15) is 0 Å². The van der Waals surface area contributed by atoms with Gasteiger partial charge in [0.05, 0.1) is 5.52 Å². The smallest absolute Gasteiger partial charge is 0.251 e. The average Bonchev–Trinajstić information content (AvgIpc) is 3.09. The number of nitrogens with one attached hydrogen (secondary N) is 1. The Balaban J connectivity index is 1.43. The molecule has 27 heavy (non-hydrogen) atoms. The Bertz CT molecular complexity index is 964. The van der Waals surface area contributed by atoms with Crippen molar-refractivity contribution in [1.82, 2.24) is 14.8 Å². The summed E-state index contributed by atoms with van der Waals surface area (Å²) in [4.78, 5) is 26.8. The van der Waals surface area contributed by atoms with Crippen LogP contribution in [0.4, 0.5) is 0 Å². The van der Waals surface area contributed by atoms with Crippen molar-refractivity contribution in [3.8, 4) is 0 Å². The first-order valence-corrected chi connectivity index (χ1v) is 10.2. The van der Waals surface area contributed by atoms with E-state index < -0.39 is 0 Å². The molecule has 1 saturated carbocycles. The van der Waals surface area contributed by atoms with Gasteiger partial charge in [-0.05, 0) is 55.7 Å². The molecule has 3 atom stereocenters. The summed E-state index contributed by atoms with van der Waals surface area (Å²) >= 11 is 0. The molecule has 2 fully saturated rings. The van der Waals surface area contributed by atoms with E-state index in [0.29, 0.717) is 24.3 Å². The van der Waals surface area contributed by atoms with Crippen molar-refractivity contribution in [3.63, 3.8) is 0 Å². The molecular weight excluding hydrogens is 338 g/mol. The van der Waals surface area contributed by atoms with Crippen LogP contribution in [0.5, 0.6) is 0 Å². The number of hydrogen-bond acceptors (Lipinski definition) is 3. The molecule has 3 heterocycles. The highest BCUT2D eigenvalue weighted by molar-refractivity contribution is 5.86. The predicted molar refractivity (Wildman–Crippen MR) is 106 cm³/mol. The molecule has 2 aliphatic heterocycles. The molecule has 142 valence electrons. The summed E-state index contributed by atoms with van der Waals surface area (Å²) in [5.41, 5.74) is 3.72. The summed E-state index contributed by atoms with van der Waals surface area (Å²) in [7, 11) is 2.17. The lowest BCUT2D eigenvalue weighted by atomic mass is 9.89. The second-order valence-electron chi connectivity index (χ2n) is 8.65. The highest BCUT2D eigenvalue weighted by Gasteiger charge is 2.39. The summed E-state index contributed by atoms with van der Waals surface area (Å²) in [5, 5.41) is 4.25. The average molecular weight is 365 g/mol. The molecule has 2 aromatic rings. The molecular formula is C22H27N3O2. The molecule has 3 aliphatic rings. The van der Waals surface area contributed by atoms with Crippen LogP contribution < -0.4 is 10.9 Å². The number of pyridine rings is 1. The van der Waals surface area contributed by atoms with E-state index in [1.165, 1.54) is 10.9 Å². The van der Waals surface area contributed by atoms with Crippen molar-refractivity contribution in [3.05, 3.63) is 45.7 Å². The maximum atomic E-state index is 12.7. The maximum absolute atomic E-state index is 12.7. The van der Waals surface area contributed by atoms with E-state index in [9.17, 15) is 9.59 Å². The van der Waals surface area contributed by atoms with Crippen LogP contribution in [-0.2, 0) is 24.3 Å². The first-order chi connectivity index (χ1) is 13.1. The Hall–Kier alpha value is -2.14. The number of hydrogen-bond donors (Lipinski definition) is 1. The predicted octanol–water partition coefficient (Wildman–Crippen LogP) is 2.29. The first-order valence-electron chi connectivity index (χ1n) is 10.2. The standard InChI is InChI=1S/C22H27N3O2/c1-24(18-8-15-10-20(26)23-12-16(15)9-18)13-17-11-21(27)25-7-3-5-14-4-2-6-19(17)22(14)25/h2,4,6,11,15-16,18H,3,5,7-10,12-13H2,1H3,(H,23,26)/t15-,16+,18-/m0/s1. The Labute approximate surface area is 159 Å². The van der Waals surface area contributed by atoms with Gasteiger partial charge in [0, 0.05) is 43.5 Å². The van der Waals surface area contributed by atoms with Gasteiger partial charge in [-0.3, -0.25) is 14.5 Å². The SMILES string of the molecule is CN(Cc1cc(=O)n2c3c(cccc13)CCC2)[C@H]1C[C@H]2CC(=O)NC[C@H]2C1. The molecule has 0 bridgehead atoms. The fraction of sp³-hybridized carbons (Fsp3) is 0.545. The number of fused-ring (bicyclic) bond motifs is 1. The summed E-state index contributed by atoms with van der Waals surface area (Å²) < 4.78 is 1.96. The fourth-order valence-electron chi connectivity index (χ4n) is 5.56. The van der Waals surface area contributed by atoms with Gasteiger partial charge in [-0.2, -0.15) is 0 Å². The summed E-state index contributed by atoms with van der Waals surface area (Å²) in [6, 6.07) is 8.79. The van der Waals surface area contributed by atoms with Crippen LogP contribution in [0.3, 0.4) is 0 Å². The third kappa shape index (κ3) is 2.89. The normalized spacial score (nSPS) is 27.0. The number of aromatic nitrogens is 1. The summed E-state index contributed by atoms with van der Waals surface area (Å²) in [6.07, 6.45) is 5.01. The third-order valence-corrected chi connectivity index (χ3v) is 7.00. The van der Waals surface area contributed by atoms with Gasteiger partial charge in [0.15, 0.2) is 0 Å². The number of para-hydroxylation sites is 1. The zero-order valence-electron chi connectivity index (χ0n) is 15.9. The zero-order valence-corrected chi connectivity index (χ0v) is 15.9. The quantitative estimate of drug-likeness (QED) is 0.908. The number of amides is 1. The molecule has 1 N–H and O–H groups in total. The number of nitrogens with zero attached hydrogens (tertiary/aromatic N) is 2. The zero-order chi connectivity index (χ0) is 18.5. The first kappa shape index (κ1) is 17.0. The van der Waals surface area contributed by atoms with E-state index in [4.69, 9.17) is 0 Å². The van der Waals surface area contributed by atoms with Crippen LogP contribution in [0.2, 0.25) is 0 Å². The largest absolute Gasteiger partial charge is 0.356 e. The van der Waals surface area contributed by atoms with Crippen LogP contribution in [0.1, 0.15) is 36.8 Å². The molecule has 5 nitrogen and oxygen atoms in total. The second kappa shape index (κ2) is 6.48. The van der Waals surface area contributed by atoms with Crippen molar-refractivity contribution >= 4 is 16.8 Å². The van der Waals surface area contributed by atoms with Gasteiger partial charge in [0.2, 0.25) is 5.91 Å². The van der Waals surface area contributed by atoms with Gasteiger partial charge >= 0.3 is 0 Å². The minimum absolute atomic E-state index is 0.132. The van der Waals surface area contributed by atoms with Gasteiger partial charge in [0.25, 0.3) is 5.56 Å². The molecule has 0 radical (unpaired) electrons. The van der Waals surface area contributed by atoms with E-state index in [0.717, 1.165) is 56.4 Å². The van der Waals surface area contributed by atoms with Gasteiger partial charge < -0.3 is 9.88 Å². The van der Waals surface area contributed by atoms with Gasteiger partial charge in [-0.1, -0.05) is 18.2 Å². The van der Waals surface area contributed by atoms with Crippen molar-refractivity contribution in [2.24, 2.45) is 11.8 Å².